The second-order valence-corrected chi connectivity index (χ2v) is 12.0. The van der Waals surface area contributed by atoms with E-state index in [0.29, 0.717) is 13.1 Å². The van der Waals surface area contributed by atoms with E-state index in [0.717, 1.165) is 49.4 Å². The first-order chi connectivity index (χ1) is 16.7. The van der Waals surface area contributed by atoms with Crippen molar-refractivity contribution in [3.63, 3.8) is 0 Å². The van der Waals surface area contributed by atoms with Gasteiger partial charge in [-0.2, -0.15) is 0 Å². The molecule has 0 aliphatic heterocycles. The average molecular weight is 513 g/mol. The van der Waals surface area contributed by atoms with Crippen molar-refractivity contribution in [3.8, 4) is 0 Å². The molecule has 1 rings (SSSR count). The largest absolute Gasteiger partial charge is 0.392 e. The van der Waals surface area contributed by atoms with E-state index < -0.39 is 0 Å². The van der Waals surface area contributed by atoms with Crippen LogP contribution in [0, 0.1) is 0 Å². The fourth-order valence-corrected chi connectivity index (χ4v) is 6.15. The van der Waals surface area contributed by atoms with E-state index in [2.05, 4.69) is 23.7 Å². The maximum absolute atomic E-state index is 10.6. The Kier molecular flexibility index (Phi) is 21.6. The monoisotopic (exact) mass is 512 g/mol. The summed E-state index contributed by atoms with van der Waals surface area (Å²) in [7, 11) is 3.56. The highest BCUT2D eigenvalue weighted by atomic mass is 33.1. The van der Waals surface area contributed by atoms with Crippen LogP contribution in [0.15, 0.2) is 29.4 Å². The molecule has 6 heteroatoms. The van der Waals surface area contributed by atoms with Crippen molar-refractivity contribution >= 4 is 21.6 Å². The topological polar surface area (TPSA) is 56.6 Å². The van der Waals surface area contributed by atoms with Gasteiger partial charge >= 0.3 is 0 Å². The highest BCUT2D eigenvalue weighted by molar-refractivity contribution is 8.76. The van der Waals surface area contributed by atoms with E-state index in [1.54, 1.807) is 10.8 Å². The highest BCUT2D eigenvalue weighted by Gasteiger charge is 2.16. The number of hydrogen-bond acceptors (Lipinski definition) is 6. The Morgan fingerprint density at radius 1 is 0.765 bits per heavy atom. The predicted octanol–water partition coefficient (Wildman–Crippen LogP) is 7.74. The van der Waals surface area contributed by atoms with Gasteiger partial charge in [-0.3, -0.25) is 4.90 Å². The van der Waals surface area contributed by atoms with Gasteiger partial charge in [-0.1, -0.05) is 108 Å². The molecule has 0 bridgehead atoms. The second kappa shape index (κ2) is 23.1. The molecule has 4 nitrogen and oxygen atoms in total. The van der Waals surface area contributed by atoms with E-state index in [9.17, 15) is 10.2 Å². The Labute approximate surface area is 218 Å². The molecule has 0 amide bonds. The van der Waals surface area contributed by atoms with Crippen molar-refractivity contribution in [1.29, 1.82) is 0 Å². The minimum Gasteiger partial charge on any atom is -0.392 e. The van der Waals surface area contributed by atoms with Crippen molar-refractivity contribution in [2.24, 2.45) is 0 Å². The molecule has 2 unspecified atom stereocenters. The molecule has 1 aromatic rings. The van der Waals surface area contributed by atoms with Crippen molar-refractivity contribution < 1.29 is 10.2 Å². The molecule has 0 saturated carbocycles. The quantitative estimate of drug-likeness (QED) is 0.109. The molecule has 2 N–H and O–H groups in total. The van der Waals surface area contributed by atoms with E-state index >= 15 is 0 Å². The Morgan fingerprint density at radius 2 is 1.32 bits per heavy atom. The third-order valence-corrected chi connectivity index (χ3v) is 8.56. The highest BCUT2D eigenvalue weighted by Crippen LogP contribution is 2.29. The van der Waals surface area contributed by atoms with Crippen LogP contribution >= 0.6 is 21.6 Å². The summed E-state index contributed by atoms with van der Waals surface area (Å²) in [6.45, 7) is 6.78. The molecule has 0 aliphatic carbocycles. The molecular formula is C28H52N2O2S2. The van der Waals surface area contributed by atoms with Crippen LogP contribution in [0.4, 0.5) is 0 Å². The van der Waals surface area contributed by atoms with Crippen molar-refractivity contribution in [1.82, 2.24) is 9.88 Å². The van der Waals surface area contributed by atoms with Gasteiger partial charge in [0.15, 0.2) is 0 Å². The molecule has 0 spiro atoms. The van der Waals surface area contributed by atoms with Crippen LogP contribution in [0.3, 0.4) is 0 Å². The minimum absolute atomic E-state index is 0.289. The molecule has 1 aromatic heterocycles. The first-order valence-electron chi connectivity index (χ1n) is 13.9. The normalized spacial score (nSPS) is 13.4. The van der Waals surface area contributed by atoms with Crippen molar-refractivity contribution in [2.45, 2.75) is 127 Å². The molecular weight excluding hydrogens is 460 g/mol. The molecule has 0 aliphatic rings. The fourth-order valence-electron chi connectivity index (χ4n) is 4.20. The Balaban J connectivity index is 2.32. The van der Waals surface area contributed by atoms with Crippen LogP contribution in [0.1, 0.15) is 110 Å². The Hall–Kier alpha value is -0.270. The zero-order valence-corrected chi connectivity index (χ0v) is 23.6. The van der Waals surface area contributed by atoms with Gasteiger partial charge in [0.25, 0.3) is 0 Å². The number of pyridine rings is 1. The average Bonchev–Trinajstić information content (AvgIpc) is 2.84. The minimum atomic E-state index is -0.289. The lowest BCUT2D eigenvalue weighted by atomic mass is 10.1. The van der Waals surface area contributed by atoms with Crippen LogP contribution < -0.4 is 0 Å². The summed E-state index contributed by atoms with van der Waals surface area (Å²) in [5.74, 6) is 1.04. The van der Waals surface area contributed by atoms with Crippen molar-refractivity contribution in [3.05, 3.63) is 24.4 Å². The number of aliphatic hydroxyl groups is 2. The summed E-state index contributed by atoms with van der Waals surface area (Å²) in [6, 6.07) is 6.01. The maximum Gasteiger partial charge on any atom is 0.106 e. The summed E-state index contributed by atoms with van der Waals surface area (Å²) in [6.07, 6.45) is 19.1. The summed E-state index contributed by atoms with van der Waals surface area (Å²) in [5, 5.41) is 22.3. The van der Waals surface area contributed by atoms with E-state index in [1.165, 1.54) is 64.2 Å². The second-order valence-electron chi connectivity index (χ2n) is 9.61. The first-order valence-corrected chi connectivity index (χ1v) is 16.3. The zero-order valence-electron chi connectivity index (χ0n) is 22.0. The number of rotatable bonds is 24. The van der Waals surface area contributed by atoms with Gasteiger partial charge in [-0.25, -0.2) is 4.98 Å². The molecule has 0 saturated heterocycles. The van der Waals surface area contributed by atoms with Crippen LogP contribution in [0.5, 0.6) is 0 Å². The Bertz CT molecular complexity index is 526. The van der Waals surface area contributed by atoms with Crippen LogP contribution in [0.2, 0.25) is 0 Å². The zero-order chi connectivity index (χ0) is 24.7. The van der Waals surface area contributed by atoms with Gasteiger partial charge in [-0.05, 0) is 48.7 Å². The lowest BCUT2D eigenvalue weighted by molar-refractivity contribution is 0.0607. The summed E-state index contributed by atoms with van der Waals surface area (Å²) >= 11 is 0. The Morgan fingerprint density at radius 3 is 1.85 bits per heavy atom. The summed E-state index contributed by atoms with van der Waals surface area (Å²) in [5.41, 5.74) is 0. The van der Waals surface area contributed by atoms with Crippen LogP contribution in [0.25, 0.3) is 0 Å². The number of unbranched alkanes of at least 4 members (excludes halogenated alkanes) is 10. The fraction of sp³-hybridized carbons (Fsp3) is 0.821. The molecule has 0 fully saturated rings. The van der Waals surface area contributed by atoms with Crippen LogP contribution in [-0.4, -0.2) is 57.7 Å². The summed E-state index contributed by atoms with van der Waals surface area (Å²) in [4.78, 5) is 6.66. The predicted molar refractivity (Wildman–Crippen MR) is 152 cm³/mol. The number of hydrogen-bond donors (Lipinski definition) is 2. The van der Waals surface area contributed by atoms with Gasteiger partial charge in [0.05, 0.1) is 12.2 Å². The van der Waals surface area contributed by atoms with E-state index in [4.69, 9.17) is 0 Å². The van der Waals surface area contributed by atoms with E-state index in [1.807, 2.05) is 35.2 Å². The number of aromatic nitrogens is 1. The third kappa shape index (κ3) is 19.0. The molecule has 0 aromatic carbocycles. The summed E-state index contributed by atoms with van der Waals surface area (Å²) < 4.78 is 0. The molecule has 198 valence electrons. The maximum atomic E-state index is 10.6. The van der Waals surface area contributed by atoms with Crippen LogP contribution in [-0.2, 0) is 0 Å². The lowest BCUT2D eigenvalue weighted by Crippen LogP contribution is -2.39. The first kappa shape index (κ1) is 31.8. The smallest absolute Gasteiger partial charge is 0.106 e. The standard InChI is InChI=1S/C28H52N2O2S2/c1-3-5-7-9-11-13-18-26(31)24-30(25-27(32)19-14-12-10-8-6-4-2)22-17-23-33-34-28-20-15-16-21-29-28/h15-16,20-21,26-27,31-32H,3-14,17-19,22-25H2,1-2H3. The number of nitrogens with zero attached hydrogens (tertiary/aromatic N) is 2. The molecule has 34 heavy (non-hydrogen) atoms. The SMILES string of the molecule is CCCCCCCCC(O)CN(CCCSSc1ccccn1)CC(O)CCCCCCCC. The molecule has 0 radical (unpaired) electrons. The lowest BCUT2D eigenvalue weighted by Gasteiger charge is -2.27. The number of aliphatic hydroxyl groups excluding tert-OH is 2. The third-order valence-electron chi connectivity index (χ3n) is 6.20. The van der Waals surface area contributed by atoms with Gasteiger partial charge in [0.1, 0.15) is 5.03 Å². The van der Waals surface area contributed by atoms with Gasteiger partial charge in [-0.15, -0.1) is 0 Å². The van der Waals surface area contributed by atoms with E-state index in [-0.39, 0.29) is 12.2 Å². The van der Waals surface area contributed by atoms with Gasteiger partial charge < -0.3 is 10.2 Å². The van der Waals surface area contributed by atoms with Crippen molar-refractivity contribution in [2.75, 3.05) is 25.4 Å². The van der Waals surface area contributed by atoms with Gasteiger partial charge in [0, 0.05) is 25.0 Å². The molecule has 1 heterocycles. The molecule has 2 atom stereocenters. The van der Waals surface area contributed by atoms with Gasteiger partial charge in [0.2, 0.25) is 0 Å².